The molecule has 1 aromatic carbocycles. The zero-order chi connectivity index (χ0) is 15.3. The number of carbonyl (C=O) groups is 2. The minimum atomic E-state index is -0.289. The second-order valence-electron chi connectivity index (χ2n) is 4.58. The molecule has 0 heterocycles. The monoisotopic (exact) mass is 276 g/mol. The molecule has 108 valence electrons. The summed E-state index contributed by atoms with van der Waals surface area (Å²) in [5.74, 6) is 0.234. The highest BCUT2D eigenvalue weighted by Crippen LogP contribution is 2.25. The van der Waals surface area contributed by atoms with Crippen molar-refractivity contribution >= 4 is 17.5 Å². The van der Waals surface area contributed by atoms with Crippen LogP contribution in [0.2, 0.25) is 0 Å². The number of aryl methyl sites for hydroxylation is 2. The molecular weight excluding hydrogens is 256 g/mol. The molecule has 0 spiro atoms. The number of likely N-dealkylation sites (N-methyl/N-ethyl adjacent to an activating group) is 1. The van der Waals surface area contributed by atoms with Gasteiger partial charge in [0.1, 0.15) is 5.75 Å². The van der Waals surface area contributed by atoms with Gasteiger partial charge in [0, 0.05) is 12.7 Å². The summed E-state index contributed by atoms with van der Waals surface area (Å²) in [7, 11) is 3.16. The van der Waals surface area contributed by atoms with Crippen molar-refractivity contribution in [1.29, 1.82) is 0 Å². The number of nitrogens with one attached hydrogen (secondary N) is 1. The van der Waals surface area contributed by atoms with Crippen LogP contribution < -0.4 is 10.1 Å². The van der Waals surface area contributed by atoms with Crippen LogP contribution in [0.15, 0.2) is 24.8 Å². The third-order valence-electron chi connectivity index (χ3n) is 2.95. The van der Waals surface area contributed by atoms with Crippen LogP contribution >= 0.6 is 0 Å². The number of hydrogen-bond acceptors (Lipinski definition) is 3. The molecule has 0 fully saturated rings. The van der Waals surface area contributed by atoms with Crippen molar-refractivity contribution in [1.82, 2.24) is 4.90 Å². The van der Waals surface area contributed by atoms with Crippen LogP contribution in [0.5, 0.6) is 5.75 Å². The normalized spacial score (nSPS) is 9.80. The van der Waals surface area contributed by atoms with Crippen molar-refractivity contribution in [3.05, 3.63) is 35.9 Å². The van der Waals surface area contributed by atoms with E-state index in [1.54, 1.807) is 14.2 Å². The molecular formula is C15H20N2O3. The molecule has 1 aromatic rings. The molecule has 0 radical (unpaired) electrons. The molecule has 0 atom stereocenters. The van der Waals surface area contributed by atoms with Gasteiger partial charge in [0.05, 0.1) is 13.7 Å². The zero-order valence-electron chi connectivity index (χ0n) is 12.3. The molecule has 0 aliphatic carbocycles. The Kier molecular flexibility index (Phi) is 5.32. The summed E-state index contributed by atoms with van der Waals surface area (Å²) in [5, 5.41) is 2.79. The molecule has 0 aromatic heterocycles. The maximum atomic E-state index is 11.9. The van der Waals surface area contributed by atoms with Gasteiger partial charge in [-0.1, -0.05) is 6.58 Å². The maximum Gasteiger partial charge on any atom is 0.246 e. The van der Waals surface area contributed by atoms with E-state index in [1.165, 1.54) is 11.0 Å². The van der Waals surface area contributed by atoms with Gasteiger partial charge in [0.2, 0.25) is 11.8 Å². The lowest BCUT2D eigenvalue weighted by molar-refractivity contribution is -0.129. The first-order valence-electron chi connectivity index (χ1n) is 6.21. The molecule has 5 heteroatoms. The fraction of sp³-hybridized carbons (Fsp3) is 0.333. The van der Waals surface area contributed by atoms with Crippen LogP contribution in [-0.2, 0) is 9.59 Å². The van der Waals surface area contributed by atoms with Crippen molar-refractivity contribution in [2.24, 2.45) is 0 Å². The SMILES string of the molecule is C=CC(=O)N(C)CC(=O)Nc1cc(C)c(OC)cc1C. The summed E-state index contributed by atoms with van der Waals surface area (Å²) in [5.41, 5.74) is 2.55. The van der Waals surface area contributed by atoms with Crippen LogP contribution in [0.1, 0.15) is 11.1 Å². The molecule has 0 aliphatic rings. The van der Waals surface area contributed by atoms with Crippen LogP contribution in [0, 0.1) is 13.8 Å². The van der Waals surface area contributed by atoms with Crippen molar-refractivity contribution in [2.45, 2.75) is 13.8 Å². The number of rotatable bonds is 5. The van der Waals surface area contributed by atoms with Crippen LogP contribution in [0.4, 0.5) is 5.69 Å². The van der Waals surface area contributed by atoms with Gasteiger partial charge in [-0.05, 0) is 43.2 Å². The fourth-order valence-corrected chi connectivity index (χ4v) is 1.78. The van der Waals surface area contributed by atoms with Crippen molar-refractivity contribution in [3.63, 3.8) is 0 Å². The van der Waals surface area contributed by atoms with E-state index in [4.69, 9.17) is 4.74 Å². The standard InChI is InChI=1S/C15H20N2O3/c1-6-15(19)17(4)9-14(18)16-12-7-11(3)13(20-5)8-10(12)2/h6-8H,1,9H2,2-5H3,(H,16,18). The number of anilines is 1. The smallest absolute Gasteiger partial charge is 0.246 e. The lowest BCUT2D eigenvalue weighted by atomic mass is 10.1. The fourth-order valence-electron chi connectivity index (χ4n) is 1.78. The first-order valence-corrected chi connectivity index (χ1v) is 6.21. The number of amides is 2. The van der Waals surface area contributed by atoms with Gasteiger partial charge in [-0.2, -0.15) is 0 Å². The Balaban J connectivity index is 2.78. The van der Waals surface area contributed by atoms with E-state index in [2.05, 4.69) is 11.9 Å². The van der Waals surface area contributed by atoms with Gasteiger partial charge in [0.15, 0.2) is 0 Å². The van der Waals surface area contributed by atoms with E-state index in [0.717, 1.165) is 16.9 Å². The number of benzene rings is 1. The van der Waals surface area contributed by atoms with E-state index in [-0.39, 0.29) is 18.4 Å². The molecule has 0 bridgehead atoms. The predicted octanol–water partition coefficient (Wildman–Crippen LogP) is 1.89. The molecule has 0 aliphatic heterocycles. The van der Waals surface area contributed by atoms with Crippen LogP contribution in [0.3, 0.4) is 0 Å². The van der Waals surface area contributed by atoms with Crippen molar-refractivity contribution < 1.29 is 14.3 Å². The molecule has 0 saturated carbocycles. The van der Waals surface area contributed by atoms with Gasteiger partial charge >= 0.3 is 0 Å². The Morgan fingerprint density at radius 3 is 2.55 bits per heavy atom. The maximum absolute atomic E-state index is 11.9. The summed E-state index contributed by atoms with van der Waals surface area (Å²) >= 11 is 0. The first kappa shape index (κ1) is 15.8. The molecule has 0 saturated heterocycles. The minimum absolute atomic E-state index is 0.0185. The van der Waals surface area contributed by atoms with E-state index < -0.39 is 0 Å². The molecule has 0 unspecified atom stereocenters. The molecule has 1 N–H and O–H groups in total. The van der Waals surface area contributed by atoms with E-state index >= 15 is 0 Å². The quantitative estimate of drug-likeness (QED) is 0.836. The average molecular weight is 276 g/mol. The Labute approximate surface area is 119 Å². The van der Waals surface area contributed by atoms with Crippen LogP contribution in [-0.4, -0.2) is 37.4 Å². The summed E-state index contributed by atoms with van der Waals surface area (Å²) in [6.45, 7) is 7.15. The van der Waals surface area contributed by atoms with Crippen LogP contribution in [0.25, 0.3) is 0 Å². The summed E-state index contributed by atoms with van der Waals surface area (Å²) < 4.78 is 5.22. The molecule has 1 rings (SSSR count). The minimum Gasteiger partial charge on any atom is -0.496 e. The number of hydrogen-bond donors (Lipinski definition) is 1. The number of carbonyl (C=O) groups excluding carboxylic acids is 2. The highest BCUT2D eigenvalue weighted by Gasteiger charge is 2.12. The number of nitrogens with zero attached hydrogens (tertiary/aromatic N) is 1. The topological polar surface area (TPSA) is 58.6 Å². The third kappa shape index (κ3) is 3.85. The Bertz CT molecular complexity index is 538. The lowest BCUT2D eigenvalue weighted by Crippen LogP contribution is -2.33. The largest absolute Gasteiger partial charge is 0.496 e. The molecule has 5 nitrogen and oxygen atoms in total. The predicted molar refractivity (Wildman–Crippen MR) is 78.9 cm³/mol. The summed E-state index contributed by atoms with van der Waals surface area (Å²) in [4.78, 5) is 24.5. The third-order valence-corrected chi connectivity index (χ3v) is 2.95. The average Bonchev–Trinajstić information content (AvgIpc) is 2.41. The van der Waals surface area contributed by atoms with E-state index in [0.29, 0.717) is 5.69 Å². The zero-order valence-corrected chi connectivity index (χ0v) is 12.3. The van der Waals surface area contributed by atoms with Crippen molar-refractivity contribution in [3.8, 4) is 5.75 Å². The Hall–Kier alpha value is -2.30. The molecule has 2 amide bonds. The first-order chi connectivity index (χ1) is 9.38. The Morgan fingerprint density at radius 1 is 1.35 bits per heavy atom. The van der Waals surface area contributed by atoms with E-state index in [9.17, 15) is 9.59 Å². The highest BCUT2D eigenvalue weighted by molar-refractivity contribution is 5.96. The number of methoxy groups -OCH3 is 1. The van der Waals surface area contributed by atoms with Crippen molar-refractivity contribution in [2.75, 3.05) is 26.0 Å². The van der Waals surface area contributed by atoms with Gasteiger partial charge in [-0.25, -0.2) is 0 Å². The number of ether oxygens (including phenoxy) is 1. The highest BCUT2D eigenvalue weighted by atomic mass is 16.5. The second-order valence-corrected chi connectivity index (χ2v) is 4.58. The molecule has 20 heavy (non-hydrogen) atoms. The lowest BCUT2D eigenvalue weighted by Gasteiger charge is -2.16. The van der Waals surface area contributed by atoms with Gasteiger partial charge in [0.25, 0.3) is 0 Å². The Morgan fingerprint density at radius 2 is 2.00 bits per heavy atom. The summed E-state index contributed by atoms with van der Waals surface area (Å²) in [6.07, 6.45) is 1.18. The van der Waals surface area contributed by atoms with E-state index in [1.807, 2.05) is 26.0 Å². The van der Waals surface area contributed by atoms with Gasteiger partial charge in [-0.15, -0.1) is 0 Å². The van der Waals surface area contributed by atoms with Gasteiger partial charge in [-0.3, -0.25) is 9.59 Å². The van der Waals surface area contributed by atoms with Gasteiger partial charge < -0.3 is 15.0 Å². The second kappa shape index (κ2) is 6.75. The summed E-state index contributed by atoms with van der Waals surface area (Å²) in [6, 6.07) is 3.71.